The first kappa shape index (κ1) is 16.0. The van der Waals surface area contributed by atoms with Gasteiger partial charge in [-0.2, -0.15) is 0 Å². The SMILES string of the molecule is CCC(CC)C(NC(=O)C1CCCNC1)c1ccccc1. The zero-order chi connectivity index (χ0) is 15.1. The van der Waals surface area contributed by atoms with Gasteiger partial charge in [-0.25, -0.2) is 0 Å². The minimum atomic E-state index is 0.124. The van der Waals surface area contributed by atoms with Crippen LogP contribution in [0.1, 0.15) is 51.1 Å². The van der Waals surface area contributed by atoms with Crippen molar-refractivity contribution in [1.82, 2.24) is 10.6 Å². The van der Waals surface area contributed by atoms with Gasteiger partial charge in [0.1, 0.15) is 0 Å². The molecule has 0 aliphatic carbocycles. The summed E-state index contributed by atoms with van der Waals surface area (Å²) in [5, 5.41) is 6.65. The van der Waals surface area contributed by atoms with E-state index in [0.717, 1.165) is 38.8 Å². The Morgan fingerprint density at radius 2 is 2.00 bits per heavy atom. The van der Waals surface area contributed by atoms with Crippen LogP contribution in [0.3, 0.4) is 0 Å². The number of amides is 1. The van der Waals surface area contributed by atoms with Gasteiger partial charge in [0.25, 0.3) is 0 Å². The average Bonchev–Trinajstić information content (AvgIpc) is 2.56. The maximum atomic E-state index is 12.6. The molecule has 2 N–H and O–H groups in total. The molecule has 1 aliphatic heterocycles. The van der Waals surface area contributed by atoms with Gasteiger partial charge in [-0.15, -0.1) is 0 Å². The maximum absolute atomic E-state index is 12.6. The number of hydrogen-bond acceptors (Lipinski definition) is 2. The van der Waals surface area contributed by atoms with Crippen LogP contribution in [0.2, 0.25) is 0 Å². The monoisotopic (exact) mass is 288 g/mol. The van der Waals surface area contributed by atoms with Crippen molar-refractivity contribution < 1.29 is 4.79 Å². The molecule has 21 heavy (non-hydrogen) atoms. The Morgan fingerprint density at radius 3 is 2.57 bits per heavy atom. The molecule has 1 aliphatic rings. The highest BCUT2D eigenvalue weighted by Gasteiger charge is 2.27. The van der Waals surface area contributed by atoms with Gasteiger partial charge in [-0.3, -0.25) is 4.79 Å². The summed E-state index contributed by atoms with van der Waals surface area (Å²) in [5.74, 6) is 0.829. The van der Waals surface area contributed by atoms with Gasteiger partial charge in [-0.05, 0) is 30.9 Å². The molecule has 3 heteroatoms. The van der Waals surface area contributed by atoms with Crippen molar-refractivity contribution in [2.24, 2.45) is 11.8 Å². The lowest BCUT2D eigenvalue weighted by Gasteiger charge is -2.30. The first-order chi connectivity index (χ1) is 10.3. The molecule has 3 nitrogen and oxygen atoms in total. The van der Waals surface area contributed by atoms with Gasteiger partial charge in [0, 0.05) is 6.54 Å². The van der Waals surface area contributed by atoms with Crippen LogP contribution in [0.25, 0.3) is 0 Å². The Balaban J connectivity index is 2.10. The van der Waals surface area contributed by atoms with Crippen LogP contribution in [-0.2, 0) is 4.79 Å². The van der Waals surface area contributed by atoms with Crippen LogP contribution < -0.4 is 10.6 Å². The first-order valence-electron chi connectivity index (χ1n) is 8.32. The molecule has 0 aromatic heterocycles. The average molecular weight is 288 g/mol. The van der Waals surface area contributed by atoms with Crippen LogP contribution in [0.5, 0.6) is 0 Å². The van der Waals surface area contributed by atoms with E-state index in [2.05, 4.69) is 48.7 Å². The van der Waals surface area contributed by atoms with Crippen LogP contribution >= 0.6 is 0 Å². The molecule has 2 unspecified atom stereocenters. The summed E-state index contributed by atoms with van der Waals surface area (Å²) in [5.41, 5.74) is 1.23. The molecule has 1 aromatic rings. The third-order valence-corrected chi connectivity index (χ3v) is 4.64. The van der Waals surface area contributed by atoms with Gasteiger partial charge < -0.3 is 10.6 Å². The Morgan fingerprint density at radius 1 is 1.29 bits per heavy atom. The molecule has 0 spiro atoms. The van der Waals surface area contributed by atoms with Crippen molar-refractivity contribution in [3.63, 3.8) is 0 Å². The molecule has 1 saturated heterocycles. The quantitative estimate of drug-likeness (QED) is 0.843. The lowest BCUT2D eigenvalue weighted by atomic mass is 9.88. The summed E-state index contributed by atoms with van der Waals surface area (Å²) in [6, 6.07) is 10.5. The van der Waals surface area contributed by atoms with Gasteiger partial charge >= 0.3 is 0 Å². The molecule has 1 heterocycles. The number of benzene rings is 1. The topological polar surface area (TPSA) is 41.1 Å². The largest absolute Gasteiger partial charge is 0.349 e. The summed E-state index contributed by atoms with van der Waals surface area (Å²) in [7, 11) is 0. The number of rotatable bonds is 6. The summed E-state index contributed by atoms with van der Waals surface area (Å²) < 4.78 is 0. The minimum Gasteiger partial charge on any atom is -0.349 e. The summed E-state index contributed by atoms with van der Waals surface area (Å²) in [6.45, 7) is 6.27. The van der Waals surface area contributed by atoms with E-state index in [-0.39, 0.29) is 17.9 Å². The fraction of sp³-hybridized carbons (Fsp3) is 0.611. The molecular weight excluding hydrogens is 260 g/mol. The summed E-state index contributed by atoms with van der Waals surface area (Å²) in [4.78, 5) is 12.6. The zero-order valence-electron chi connectivity index (χ0n) is 13.3. The van der Waals surface area contributed by atoms with E-state index in [0.29, 0.717) is 5.92 Å². The second-order valence-electron chi connectivity index (χ2n) is 6.02. The second-order valence-corrected chi connectivity index (χ2v) is 6.02. The van der Waals surface area contributed by atoms with E-state index in [1.807, 2.05) is 6.07 Å². The number of nitrogens with one attached hydrogen (secondary N) is 2. The molecule has 1 amide bonds. The number of hydrogen-bond donors (Lipinski definition) is 2. The van der Waals surface area contributed by atoms with Crippen molar-refractivity contribution in [2.75, 3.05) is 13.1 Å². The van der Waals surface area contributed by atoms with Crippen molar-refractivity contribution in [1.29, 1.82) is 0 Å². The molecule has 0 radical (unpaired) electrons. The van der Waals surface area contributed by atoms with Crippen LogP contribution in [0, 0.1) is 11.8 Å². The summed E-state index contributed by atoms with van der Waals surface area (Å²) >= 11 is 0. The standard InChI is InChI=1S/C18H28N2O/c1-3-14(4-2)17(15-9-6-5-7-10-15)20-18(21)16-11-8-12-19-13-16/h5-7,9-10,14,16-17,19H,3-4,8,11-13H2,1-2H3,(H,20,21). The molecule has 1 aromatic carbocycles. The van der Waals surface area contributed by atoms with Crippen LogP contribution in [0.4, 0.5) is 0 Å². The van der Waals surface area contributed by atoms with E-state index >= 15 is 0 Å². The Bertz CT molecular complexity index is 422. The summed E-state index contributed by atoms with van der Waals surface area (Å²) in [6.07, 6.45) is 4.26. The zero-order valence-corrected chi connectivity index (χ0v) is 13.3. The number of carbonyl (C=O) groups is 1. The molecule has 116 valence electrons. The molecule has 2 rings (SSSR count). The van der Waals surface area contributed by atoms with Crippen molar-refractivity contribution >= 4 is 5.91 Å². The normalized spacial score (nSPS) is 20.2. The van der Waals surface area contributed by atoms with Crippen molar-refractivity contribution in [3.05, 3.63) is 35.9 Å². The van der Waals surface area contributed by atoms with Crippen molar-refractivity contribution in [3.8, 4) is 0 Å². The molecule has 0 bridgehead atoms. The van der Waals surface area contributed by atoms with Gasteiger partial charge in [0.05, 0.1) is 12.0 Å². The van der Waals surface area contributed by atoms with E-state index in [4.69, 9.17) is 0 Å². The first-order valence-corrected chi connectivity index (χ1v) is 8.32. The lowest BCUT2D eigenvalue weighted by Crippen LogP contribution is -2.43. The molecule has 2 atom stereocenters. The van der Waals surface area contributed by atoms with E-state index in [1.165, 1.54) is 5.56 Å². The minimum absolute atomic E-state index is 0.124. The number of carbonyl (C=O) groups excluding carboxylic acids is 1. The van der Waals surface area contributed by atoms with E-state index in [1.54, 1.807) is 0 Å². The molecular formula is C18H28N2O. The van der Waals surface area contributed by atoms with Gasteiger partial charge in [0.15, 0.2) is 0 Å². The Hall–Kier alpha value is -1.35. The maximum Gasteiger partial charge on any atom is 0.224 e. The van der Waals surface area contributed by atoms with Gasteiger partial charge in [-0.1, -0.05) is 57.0 Å². The van der Waals surface area contributed by atoms with E-state index in [9.17, 15) is 4.79 Å². The predicted molar refractivity (Wildman–Crippen MR) is 87.0 cm³/mol. The second kappa shape index (κ2) is 8.18. The molecule has 1 fully saturated rings. The highest BCUT2D eigenvalue weighted by Crippen LogP contribution is 2.28. The van der Waals surface area contributed by atoms with Crippen molar-refractivity contribution in [2.45, 2.75) is 45.6 Å². The Kier molecular flexibility index (Phi) is 6.24. The predicted octanol–water partition coefficient (Wildman–Crippen LogP) is 3.28. The fourth-order valence-corrected chi connectivity index (χ4v) is 3.24. The molecule has 0 saturated carbocycles. The number of piperidine rings is 1. The lowest BCUT2D eigenvalue weighted by molar-refractivity contribution is -0.126. The third kappa shape index (κ3) is 4.31. The fourth-order valence-electron chi connectivity index (χ4n) is 3.24. The van der Waals surface area contributed by atoms with Crippen LogP contribution in [0.15, 0.2) is 30.3 Å². The van der Waals surface area contributed by atoms with Crippen LogP contribution in [-0.4, -0.2) is 19.0 Å². The van der Waals surface area contributed by atoms with Gasteiger partial charge in [0.2, 0.25) is 5.91 Å². The smallest absolute Gasteiger partial charge is 0.224 e. The Labute approximate surface area is 128 Å². The highest BCUT2D eigenvalue weighted by molar-refractivity contribution is 5.79. The highest BCUT2D eigenvalue weighted by atomic mass is 16.2. The third-order valence-electron chi connectivity index (χ3n) is 4.64. The van der Waals surface area contributed by atoms with E-state index < -0.39 is 0 Å².